The first-order valence-electron chi connectivity index (χ1n) is 6.42. The van der Waals surface area contributed by atoms with Crippen molar-refractivity contribution in [3.63, 3.8) is 0 Å². The number of nitro groups is 1. The van der Waals surface area contributed by atoms with Crippen molar-refractivity contribution >= 4 is 17.4 Å². The molecule has 0 spiro atoms. The Morgan fingerprint density at radius 1 is 1.27 bits per heavy atom. The summed E-state index contributed by atoms with van der Waals surface area (Å²) in [5, 5.41) is 23.6. The monoisotopic (exact) mass is 316 g/mol. The van der Waals surface area contributed by atoms with Crippen LogP contribution < -0.4 is 0 Å². The second kappa shape index (κ2) is 5.98. The summed E-state index contributed by atoms with van der Waals surface area (Å²) in [6.45, 7) is 1.88. The van der Waals surface area contributed by atoms with E-state index in [-0.39, 0.29) is 5.69 Å². The van der Waals surface area contributed by atoms with E-state index >= 15 is 0 Å². The highest BCUT2D eigenvalue weighted by molar-refractivity contribution is 7.98. The van der Waals surface area contributed by atoms with Gasteiger partial charge >= 0.3 is 5.69 Å². The quantitative estimate of drug-likeness (QED) is 0.408. The third-order valence-corrected chi connectivity index (χ3v) is 3.88. The highest BCUT2D eigenvalue weighted by atomic mass is 32.2. The van der Waals surface area contributed by atoms with Crippen molar-refractivity contribution in [3.8, 4) is 5.69 Å². The molecule has 9 heteroatoms. The average Bonchev–Trinajstić information content (AvgIpc) is 3.13. The topological polar surface area (TPSA) is 91.7 Å². The highest BCUT2D eigenvalue weighted by Crippen LogP contribution is 2.23. The Hall–Kier alpha value is -2.68. The molecule has 0 bridgehead atoms. The lowest BCUT2D eigenvalue weighted by molar-refractivity contribution is -0.385. The number of hydrogen-bond acceptors (Lipinski definition) is 6. The number of rotatable bonds is 5. The molecule has 2 heterocycles. The Morgan fingerprint density at radius 2 is 2.05 bits per heavy atom. The summed E-state index contributed by atoms with van der Waals surface area (Å²) in [4.78, 5) is 10.2. The van der Waals surface area contributed by atoms with E-state index in [2.05, 4.69) is 15.3 Å². The molecule has 0 fully saturated rings. The molecule has 112 valence electrons. The fraction of sp³-hybridized carbons (Fsp3) is 0.154. The molecule has 0 aliphatic carbocycles. The molecule has 0 radical (unpaired) electrons. The van der Waals surface area contributed by atoms with Crippen LogP contribution in [0.2, 0.25) is 0 Å². The van der Waals surface area contributed by atoms with Crippen LogP contribution in [0.5, 0.6) is 0 Å². The van der Waals surface area contributed by atoms with Gasteiger partial charge in [0.05, 0.1) is 10.8 Å². The first-order valence-corrected chi connectivity index (χ1v) is 7.41. The minimum Gasteiger partial charge on any atom is -0.274 e. The highest BCUT2D eigenvalue weighted by Gasteiger charge is 2.13. The Kier molecular flexibility index (Phi) is 3.88. The van der Waals surface area contributed by atoms with Gasteiger partial charge in [0, 0.05) is 5.69 Å². The van der Waals surface area contributed by atoms with Crippen molar-refractivity contribution in [3.05, 3.63) is 58.7 Å². The van der Waals surface area contributed by atoms with E-state index in [0.29, 0.717) is 11.0 Å². The molecule has 0 unspecified atom stereocenters. The van der Waals surface area contributed by atoms with Gasteiger partial charge in [-0.15, -0.1) is 10.2 Å². The van der Waals surface area contributed by atoms with Gasteiger partial charge in [-0.05, 0) is 19.1 Å². The largest absolute Gasteiger partial charge is 0.307 e. The molecular weight excluding hydrogens is 304 g/mol. The number of benzene rings is 1. The average molecular weight is 316 g/mol. The van der Waals surface area contributed by atoms with Crippen LogP contribution in [0.15, 0.2) is 47.9 Å². The van der Waals surface area contributed by atoms with Crippen LogP contribution in [0.1, 0.15) is 5.82 Å². The summed E-state index contributed by atoms with van der Waals surface area (Å²) in [5.74, 6) is 1.19. The Labute approximate surface area is 129 Å². The van der Waals surface area contributed by atoms with Gasteiger partial charge in [-0.1, -0.05) is 30.0 Å². The first-order chi connectivity index (χ1) is 10.6. The fourth-order valence-electron chi connectivity index (χ4n) is 1.95. The van der Waals surface area contributed by atoms with Crippen molar-refractivity contribution in [1.29, 1.82) is 0 Å². The van der Waals surface area contributed by atoms with Gasteiger partial charge < -0.3 is 0 Å². The van der Waals surface area contributed by atoms with Gasteiger partial charge in [0.15, 0.2) is 5.16 Å². The van der Waals surface area contributed by atoms with Crippen molar-refractivity contribution in [2.24, 2.45) is 0 Å². The van der Waals surface area contributed by atoms with E-state index in [9.17, 15) is 10.1 Å². The van der Waals surface area contributed by atoms with Crippen LogP contribution in [0.25, 0.3) is 5.69 Å². The zero-order chi connectivity index (χ0) is 15.5. The van der Waals surface area contributed by atoms with Crippen molar-refractivity contribution in [2.75, 3.05) is 0 Å². The Bertz CT molecular complexity index is 798. The van der Waals surface area contributed by atoms with Crippen LogP contribution in [0.3, 0.4) is 0 Å². The third kappa shape index (κ3) is 2.84. The van der Waals surface area contributed by atoms with Crippen LogP contribution >= 0.6 is 11.8 Å². The Balaban J connectivity index is 1.80. The van der Waals surface area contributed by atoms with Gasteiger partial charge in [0.25, 0.3) is 0 Å². The summed E-state index contributed by atoms with van der Waals surface area (Å²) in [6, 6.07) is 9.78. The van der Waals surface area contributed by atoms with Gasteiger partial charge in [-0.3, -0.25) is 19.4 Å². The summed E-state index contributed by atoms with van der Waals surface area (Å²) < 4.78 is 3.44. The molecule has 3 aromatic rings. The maximum absolute atomic E-state index is 10.6. The lowest BCUT2D eigenvalue weighted by atomic mass is 10.3. The minimum atomic E-state index is -0.467. The van der Waals surface area contributed by atoms with Crippen LogP contribution in [0.4, 0.5) is 5.69 Å². The lowest BCUT2D eigenvalue weighted by Gasteiger charge is -2.07. The normalized spacial score (nSPS) is 10.8. The number of para-hydroxylation sites is 1. The van der Waals surface area contributed by atoms with Crippen molar-refractivity contribution in [2.45, 2.75) is 18.0 Å². The van der Waals surface area contributed by atoms with E-state index < -0.39 is 4.92 Å². The smallest absolute Gasteiger partial charge is 0.274 e. The fourth-order valence-corrected chi connectivity index (χ4v) is 2.81. The predicted molar refractivity (Wildman–Crippen MR) is 80.8 cm³/mol. The molecule has 22 heavy (non-hydrogen) atoms. The second-order valence-corrected chi connectivity index (χ2v) is 5.38. The van der Waals surface area contributed by atoms with E-state index in [4.69, 9.17) is 0 Å². The first kappa shape index (κ1) is 14.3. The summed E-state index contributed by atoms with van der Waals surface area (Å²) >= 11 is 1.41. The molecule has 0 saturated carbocycles. The van der Waals surface area contributed by atoms with E-state index in [1.165, 1.54) is 28.8 Å². The van der Waals surface area contributed by atoms with Gasteiger partial charge in [0.2, 0.25) is 0 Å². The molecule has 0 N–H and O–H groups in total. The Morgan fingerprint density at radius 3 is 2.73 bits per heavy atom. The lowest BCUT2D eigenvalue weighted by Crippen LogP contribution is -2.01. The molecule has 8 nitrogen and oxygen atoms in total. The molecule has 2 aromatic heterocycles. The van der Waals surface area contributed by atoms with Crippen LogP contribution in [-0.2, 0) is 5.88 Å². The number of nitrogens with zero attached hydrogens (tertiary/aromatic N) is 6. The maximum Gasteiger partial charge on any atom is 0.307 e. The summed E-state index contributed by atoms with van der Waals surface area (Å²) in [7, 11) is 0. The number of aromatic nitrogens is 5. The van der Waals surface area contributed by atoms with Gasteiger partial charge in [0.1, 0.15) is 18.2 Å². The molecule has 0 amide bonds. The standard InChI is InChI=1S/C13H12N6O2S/c1-10-15-16-13(18(10)11-5-3-2-4-6-11)22-9-17-8-12(7-14-17)19(20)21/h2-8H,9H2,1H3. The zero-order valence-corrected chi connectivity index (χ0v) is 12.5. The number of hydrogen-bond donors (Lipinski definition) is 0. The van der Waals surface area contributed by atoms with Crippen molar-refractivity contribution in [1.82, 2.24) is 24.5 Å². The van der Waals surface area contributed by atoms with E-state index in [1.54, 1.807) is 0 Å². The summed E-state index contributed by atoms with van der Waals surface area (Å²) in [6.07, 6.45) is 2.62. The molecule has 0 atom stereocenters. The molecule has 1 aromatic carbocycles. The maximum atomic E-state index is 10.6. The predicted octanol–water partition coefficient (Wildman–Crippen LogP) is 2.43. The molecule has 0 saturated heterocycles. The number of thioether (sulfide) groups is 1. The van der Waals surface area contributed by atoms with Gasteiger partial charge in [-0.25, -0.2) is 0 Å². The van der Waals surface area contributed by atoms with Gasteiger partial charge in [-0.2, -0.15) is 5.10 Å². The zero-order valence-electron chi connectivity index (χ0n) is 11.7. The van der Waals surface area contributed by atoms with Crippen LogP contribution in [0, 0.1) is 17.0 Å². The van der Waals surface area contributed by atoms with Crippen molar-refractivity contribution < 1.29 is 4.92 Å². The SMILES string of the molecule is Cc1nnc(SCn2cc([N+](=O)[O-])cn2)n1-c1ccccc1. The minimum absolute atomic E-state index is 0.0266. The molecule has 0 aliphatic heterocycles. The van der Waals surface area contributed by atoms with E-state index in [1.807, 2.05) is 41.8 Å². The molecule has 3 rings (SSSR count). The third-order valence-electron chi connectivity index (χ3n) is 2.97. The van der Waals surface area contributed by atoms with E-state index in [0.717, 1.165) is 11.5 Å². The molecule has 0 aliphatic rings. The second-order valence-electron chi connectivity index (χ2n) is 4.47. The number of aryl methyl sites for hydroxylation is 1. The van der Waals surface area contributed by atoms with Crippen LogP contribution in [-0.4, -0.2) is 29.5 Å². The summed E-state index contributed by atoms with van der Waals surface area (Å²) in [5.41, 5.74) is 0.945. The molecular formula is C13H12N6O2S.